The summed E-state index contributed by atoms with van der Waals surface area (Å²) in [6.45, 7) is 2.01. The topological polar surface area (TPSA) is 87.0 Å². The van der Waals surface area contributed by atoms with Crippen LogP contribution in [0.4, 0.5) is 5.69 Å². The van der Waals surface area contributed by atoms with Crippen LogP contribution in [0.1, 0.15) is 12.7 Å². The first kappa shape index (κ1) is 16.7. The van der Waals surface area contributed by atoms with Crippen LogP contribution in [0.15, 0.2) is 71.6 Å². The molecule has 2 aromatic heterocycles. The van der Waals surface area contributed by atoms with Crippen LogP contribution in [-0.4, -0.2) is 19.6 Å². The lowest BCUT2D eigenvalue weighted by molar-refractivity contribution is -0.384. The lowest BCUT2D eigenvalue weighted by atomic mass is 10.0. The van der Waals surface area contributed by atoms with Crippen LogP contribution in [-0.2, 0) is 6.42 Å². The number of imidazole rings is 1. The normalized spacial score (nSPS) is 10.9. The molecule has 0 saturated carbocycles. The van der Waals surface area contributed by atoms with E-state index in [1.54, 1.807) is 18.5 Å². The number of aromatic nitrogens is 3. The van der Waals surface area contributed by atoms with Gasteiger partial charge in [0.15, 0.2) is 0 Å². The van der Waals surface area contributed by atoms with Crippen molar-refractivity contribution in [3.63, 3.8) is 0 Å². The Morgan fingerprint density at radius 2 is 1.85 bits per heavy atom. The molecule has 4 rings (SSSR count). The Labute approximate surface area is 155 Å². The predicted molar refractivity (Wildman–Crippen MR) is 101 cm³/mol. The van der Waals surface area contributed by atoms with Crippen LogP contribution in [0, 0.1) is 10.1 Å². The summed E-state index contributed by atoms with van der Waals surface area (Å²) in [4.78, 5) is 14.9. The van der Waals surface area contributed by atoms with E-state index in [9.17, 15) is 10.1 Å². The van der Waals surface area contributed by atoms with Crippen molar-refractivity contribution in [2.24, 2.45) is 0 Å². The third kappa shape index (κ3) is 3.10. The monoisotopic (exact) mass is 360 g/mol. The van der Waals surface area contributed by atoms with Crippen molar-refractivity contribution in [3.05, 3.63) is 83.0 Å². The van der Waals surface area contributed by atoms with E-state index in [0.717, 1.165) is 34.0 Å². The zero-order valence-electron chi connectivity index (χ0n) is 14.6. The number of nitrogens with zero attached hydrogens (tertiary/aromatic N) is 4. The van der Waals surface area contributed by atoms with Gasteiger partial charge in [-0.2, -0.15) is 0 Å². The van der Waals surface area contributed by atoms with E-state index in [0.29, 0.717) is 6.42 Å². The van der Waals surface area contributed by atoms with Crippen molar-refractivity contribution in [3.8, 4) is 28.2 Å². The van der Waals surface area contributed by atoms with Gasteiger partial charge in [0.1, 0.15) is 11.5 Å². The van der Waals surface area contributed by atoms with E-state index in [4.69, 9.17) is 4.52 Å². The molecule has 27 heavy (non-hydrogen) atoms. The molecule has 0 atom stereocenters. The molecular weight excluding hydrogens is 344 g/mol. The Morgan fingerprint density at radius 3 is 2.52 bits per heavy atom. The lowest BCUT2D eigenvalue weighted by Gasteiger charge is -2.02. The second-order valence-electron chi connectivity index (χ2n) is 5.99. The summed E-state index contributed by atoms with van der Waals surface area (Å²) in [5, 5.41) is 15.1. The molecule has 7 nitrogen and oxygen atoms in total. The zero-order valence-corrected chi connectivity index (χ0v) is 14.6. The third-order valence-corrected chi connectivity index (χ3v) is 4.33. The van der Waals surface area contributed by atoms with Crippen molar-refractivity contribution in [2.45, 2.75) is 13.3 Å². The molecule has 0 radical (unpaired) electrons. The molecule has 0 saturated heterocycles. The van der Waals surface area contributed by atoms with Crippen LogP contribution in [0.2, 0.25) is 0 Å². The molecule has 0 aliphatic rings. The van der Waals surface area contributed by atoms with Gasteiger partial charge in [-0.25, -0.2) is 4.98 Å². The highest BCUT2D eigenvalue weighted by molar-refractivity contribution is 5.80. The Morgan fingerprint density at radius 1 is 1.11 bits per heavy atom. The maximum Gasteiger partial charge on any atom is 0.269 e. The quantitative estimate of drug-likeness (QED) is 0.381. The van der Waals surface area contributed by atoms with Crippen LogP contribution in [0.3, 0.4) is 0 Å². The molecule has 2 heterocycles. The SMILES string of the molecule is CCc1onc(-c2ccccc2)c1-c1cn(-c2ccc([N+](=O)[O-])cc2)cn1. The van der Waals surface area contributed by atoms with Crippen molar-refractivity contribution in [1.29, 1.82) is 0 Å². The summed E-state index contributed by atoms with van der Waals surface area (Å²) in [6, 6.07) is 16.1. The van der Waals surface area contributed by atoms with E-state index >= 15 is 0 Å². The van der Waals surface area contributed by atoms with Gasteiger partial charge in [-0.15, -0.1) is 0 Å². The maximum atomic E-state index is 10.8. The van der Waals surface area contributed by atoms with E-state index in [1.165, 1.54) is 12.1 Å². The summed E-state index contributed by atoms with van der Waals surface area (Å²) >= 11 is 0. The van der Waals surface area contributed by atoms with Gasteiger partial charge in [0, 0.05) is 36.0 Å². The Hall–Kier alpha value is -3.74. The van der Waals surface area contributed by atoms with Gasteiger partial charge < -0.3 is 9.09 Å². The average Bonchev–Trinajstić information content (AvgIpc) is 3.35. The van der Waals surface area contributed by atoms with Crippen LogP contribution >= 0.6 is 0 Å². The molecule has 0 fully saturated rings. The fourth-order valence-corrected chi connectivity index (χ4v) is 2.96. The third-order valence-electron chi connectivity index (χ3n) is 4.33. The molecule has 0 aliphatic heterocycles. The van der Waals surface area contributed by atoms with Crippen LogP contribution < -0.4 is 0 Å². The minimum absolute atomic E-state index is 0.0535. The highest BCUT2D eigenvalue weighted by atomic mass is 16.6. The number of rotatable bonds is 5. The van der Waals surface area contributed by atoms with Gasteiger partial charge in [-0.3, -0.25) is 10.1 Å². The Bertz CT molecular complexity index is 1080. The number of non-ortho nitro benzene ring substituents is 1. The lowest BCUT2D eigenvalue weighted by Crippen LogP contribution is -1.92. The summed E-state index contributed by atoms with van der Waals surface area (Å²) < 4.78 is 7.36. The van der Waals surface area contributed by atoms with E-state index in [1.807, 2.05) is 48.0 Å². The number of nitro groups is 1. The fourth-order valence-electron chi connectivity index (χ4n) is 2.96. The molecule has 4 aromatic rings. The van der Waals surface area contributed by atoms with E-state index in [-0.39, 0.29) is 5.69 Å². The molecule has 2 aromatic carbocycles. The average molecular weight is 360 g/mol. The van der Waals surface area contributed by atoms with Crippen molar-refractivity contribution in [2.75, 3.05) is 0 Å². The summed E-state index contributed by atoms with van der Waals surface area (Å²) in [5.74, 6) is 0.766. The number of hydrogen-bond acceptors (Lipinski definition) is 5. The number of hydrogen-bond donors (Lipinski definition) is 0. The second kappa shape index (κ2) is 6.87. The number of benzene rings is 2. The summed E-state index contributed by atoms with van der Waals surface area (Å²) in [5.41, 5.74) is 4.16. The highest BCUT2D eigenvalue weighted by Gasteiger charge is 2.20. The first-order valence-electron chi connectivity index (χ1n) is 8.50. The smallest absolute Gasteiger partial charge is 0.269 e. The van der Waals surface area contributed by atoms with Crippen molar-refractivity contribution < 1.29 is 9.45 Å². The number of nitro benzene ring substituents is 1. The second-order valence-corrected chi connectivity index (χ2v) is 5.99. The number of aryl methyl sites for hydroxylation is 1. The van der Waals surface area contributed by atoms with Gasteiger partial charge in [0.05, 0.1) is 22.5 Å². The van der Waals surface area contributed by atoms with Gasteiger partial charge in [0.25, 0.3) is 5.69 Å². The Kier molecular flexibility index (Phi) is 4.25. The van der Waals surface area contributed by atoms with Crippen molar-refractivity contribution >= 4 is 5.69 Å². The molecule has 0 unspecified atom stereocenters. The van der Waals surface area contributed by atoms with Gasteiger partial charge >= 0.3 is 0 Å². The molecule has 0 N–H and O–H groups in total. The fraction of sp³-hybridized carbons (Fsp3) is 0.100. The predicted octanol–water partition coefficient (Wildman–Crippen LogP) is 4.66. The molecule has 7 heteroatoms. The molecule has 134 valence electrons. The zero-order chi connectivity index (χ0) is 18.8. The van der Waals surface area contributed by atoms with Crippen LogP contribution in [0.25, 0.3) is 28.2 Å². The Balaban J connectivity index is 1.75. The van der Waals surface area contributed by atoms with E-state index in [2.05, 4.69) is 10.1 Å². The largest absolute Gasteiger partial charge is 0.360 e. The minimum Gasteiger partial charge on any atom is -0.360 e. The standard InChI is InChI=1S/C20H16N4O3/c1-2-18-19(20(22-27-18)14-6-4-3-5-7-14)17-12-23(13-21-17)15-8-10-16(11-9-15)24(25)26/h3-13H,2H2,1H3. The van der Waals surface area contributed by atoms with Gasteiger partial charge in [0.2, 0.25) is 0 Å². The first-order chi connectivity index (χ1) is 13.2. The molecule has 0 spiro atoms. The molecule has 0 amide bonds. The van der Waals surface area contributed by atoms with E-state index < -0.39 is 4.92 Å². The maximum absolute atomic E-state index is 10.8. The molecular formula is C20H16N4O3. The first-order valence-corrected chi connectivity index (χ1v) is 8.50. The van der Waals surface area contributed by atoms with Gasteiger partial charge in [-0.05, 0) is 12.1 Å². The van der Waals surface area contributed by atoms with Crippen LogP contribution in [0.5, 0.6) is 0 Å². The minimum atomic E-state index is -0.417. The van der Waals surface area contributed by atoms with Crippen molar-refractivity contribution in [1.82, 2.24) is 14.7 Å². The molecule has 0 aliphatic carbocycles. The summed E-state index contributed by atoms with van der Waals surface area (Å²) in [7, 11) is 0. The summed E-state index contributed by atoms with van der Waals surface area (Å²) in [6.07, 6.45) is 4.25. The molecule has 0 bridgehead atoms. The van der Waals surface area contributed by atoms with Gasteiger partial charge in [-0.1, -0.05) is 42.4 Å². The highest BCUT2D eigenvalue weighted by Crippen LogP contribution is 2.34.